The first-order valence-corrected chi connectivity index (χ1v) is 9.99. The zero-order valence-electron chi connectivity index (χ0n) is 16.5. The third-order valence-electron chi connectivity index (χ3n) is 5.95. The van der Waals surface area contributed by atoms with E-state index in [9.17, 15) is 4.79 Å². The Morgan fingerprint density at radius 1 is 1.00 bits per heavy atom. The van der Waals surface area contributed by atoms with E-state index in [-0.39, 0.29) is 11.7 Å². The Labute approximate surface area is 161 Å². The van der Waals surface area contributed by atoms with Crippen LogP contribution in [-0.2, 0) is 6.42 Å². The molecule has 1 aromatic heterocycles. The third kappa shape index (κ3) is 3.61. The van der Waals surface area contributed by atoms with Crippen LogP contribution in [0.3, 0.4) is 0 Å². The topological polar surface area (TPSA) is 49.3 Å². The number of aryl methyl sites for hydroxylation is 2. The summed E-state index contributed by atoms with van der Waals surface area (Å²) in [5.41, 5.74) is 4.99. The summed E-state index contributed by atoms with van der Waals surface area (Å²) in [4.78, 5) is 27.1. The number of likely N-dealkylation sites (N-methyl/N-ethyl adjacent to an activating group) is 1. The second-order valence-corrected chi connectivity index (χ2v) is 7.79. The molecule has 1 fully saturated rings. The predicted molar refractivity (Wildman–Crippen MR) is 108 cm³/mol. The van der Waals surface area contributed by atoms with Crippen LogP contribution in [-0.4, -0.2) is 53.4 Å². The average molecular weight is 364 g/mol. The molecule has 0 amide bonds. The summed E-state index contributed by atoms with van der Waals surface area (Å²) < 4.78 is 0. The molecule has 5 nitrogen and oxygen atoms in total. The first-order valence-electron chi connectivity index (χ1n) is 9.99. The SMILES string of the molecule is CCN1CCN(c2nc(C)c3c(n2)C[C@H](c2ccc(C)cc2)CC3=O)CC1. The van der Waals surface area contributed by atoms with Gasteiger partial charge in [0.15, 0.2) is 5.78 Å². The van der Waals surface area contributed by atoms with Crippen molar-refractivity contribution in [3.8, 4) is 0 Å². The minimum Gasteiger partial charge on any atom is -0.338 e. The van der Waals surface area contributed by atoms with Crippen molar-refractivity contribution in [2.75, 3.05) is 37.6 Å². The van der Waals surface area contributed by atoms with Crippen LogP contribution < -0.4 is 4.90 Å². The van der Waals surface area contributed by atoms with Crippen LogP contribution in [0.2, 0.25) is 0 Å². The van der Waals surface area contributed by atoms with Crippen molar-refractivity contribution in [1.29, 1.82) is 0 Å². The number of hydrogen-bond acceptors (Lipinski definition) is 5. The molecule has 2 heterocycles. The maximum Gasteiger partial charge on any atom is 0.225 e. The maximum atomic E-state index is 12.8. The number of piperazine rings is 1. The monoisotopic (exact) mass is 364 g/mol. The molecule has 1 aliphatic heterocycles. The van der Waals surface area contributed by atoms with Gasteiger partial charge in [0.1, 0.15) is 0 Å². The Bertz CT molecular complexity index is 838. The van der Waals surface area contributed by atoms with Crippen LogP contribution in [0.1, 0.15) is 52.1 Å². The highest BCUT2D eigenvalue weighted by molar-refractivity contribution is 5.99. The Morgan fingerprint density at radius 2 is 1.70 bits per heavy atom. The van der Waals surface area contributed by atoms with Gasteiger partial charge in [-0.25, -0.2) is 9.97 Å². The number of benzene rings is 1. The zero-order valence-corrected chi connectivity index (χ0v) is 16.5. The molecule has 0 unspecified atom stereocenters. The molecule has 1 aliphatic carbocycles. The van der Waals surface area contributed by atoms with E-state index in [2.05, 4.69) is 47.9 Å². The molecule has 142 valence electrons. The van der Waals surface area contributed by atoms with Gasteiger partial charge < -0.3 is 9.80 Å². The largest absolute Gasteiger partial charge is 0.338 e. The highest BCUT2D eigenvalue weighted by Gasteiger charge is 2.31. The highest BCUT2D eigenvalue weighted by atomic mass is 16.1. The molecule has 0 bridgehead atoms. The van der Waals surface area contributed by atoms with Gasteiger partial charge in [0.05, 0.1) is 17.0 Å². The van der Waals surface area contributed by atoms with Gasteiger partial charge in [-0.05, 0) is 38.3 Å². The summed E-state index contributed by atoms with van der Waals surface area (Å²) in [6.45, 7) is 11.3. The quantitative estimate of drug-likeness (QED) is 0.837. The molecule has 0 spiro atoms. The van der Waals surface area contributed by atoms with Crippen LogP contribution in [0.4, 0.5) is 5.95 Å². The smallest absolute Gasteiger partial charge is 0.225 e. The lowest BCUT2D eigenvalue weighted by Gasteiger charge is -2.35. The van der Waals surface area contributed by atoms with Crippen molar-refractivity contribution in [3.63, 3.8) is 0 Å². The molecule has 27 heavy (non-hydrogen) atoms. The lowest BCUT2D eigenvalue weighted by molar-refractivity contribution is 0.0962. The van der Waals surface area contributed by atoms with E-state index in [0.29, 0.717) is 6.42 Å². The Hall–Kier alpha value is -2.27. The molecule has 0 saturated carbocycles. The normalized spacial score (nSPS) is 20.6. The molecule has 1 aromatic carbocycles. The third-order valence-corrected chi connectivity index (χ3v) is 5.95. The fourth-order valence-electron chi connectivity index (χ4n) is 4.24. The van der Waals surface area contributed by atoms with Gasteiger partial charge in [0, 0.05) is 32.6 Å². The lowest BCUT2D eigenvalue weighted by atomic mass is 9.81. The fourth-order valence-corrected chi connectivity index (χ4v) is 4.24. The Balaban J connectivity index is 1.61. The van der Waals surface area contributed by atoms with Crippen LogP contribution in [0.5, 0.6) is 0 Å². The lowest BCUT2D eigenvalue weighted by Crippen LogP contribution is -2.47. The Morgan fingerprint density at radius 3 is 2.37 bits per heavy atom. The van der Waals surface area contributed by atoms with Gasteiger partial charge in [0.2, 0.25) is 5.95 Å². The molecule has 0 radical (unpaired) electrons. The molecule has 1 saturated heterocycles. The van der Waals surface area contributed by atoms with Crippen LogP contribution in [0.25, 0.3) is 0 Å². The summed E-state index contributed by atoms with van der Waals surface area (Å²) in [5.74, 6) is 1.19. The van der Waals surface area contributed by atoms with Gasteiger partial charge in [0.25, 0.3) is 0 Å². The van der Waals surface area contributed by atoms with Gasteiger partial charge >= 0.3 is 0 Å². The second kappa shape index (κ2) is 7.39. The molecular formula is C22H28N4O. The number of rotatable bonds is 3. The Kier molecular flexibility index (Phi) is 4.96. The van der Waals surface area contributed by atoms with E-state index in [1.165, 1.54) is 11.1 Å². The number of carbonyl (C=O) groups excluding carboxylic acids is 1. The summed E-state index contributed by atoms with van der Waals surface area (Å²) in [5, 5.41) is 0. The number of anilines is 1. The summed E-state index contributed by atoms with van der Waals surface area (Å²) in [6, 6.07) is 8.55. The van der Waals surface area contributed by atoms with E-state index in [4.69, 9.17) is 9.97 Å². The van der Waals surface area contributed by atoms with E-state index >= 15 is 0 Å². The van der Waals surface area contributed by atoms with Crippen LogP contribution in [0, 0.1) is 13.8 Å². The van der Waals surface area contributed by atoms with Crippen molar-refractivity contribution < 1.29 is 4.79 Å². The number of Topliss-reactive ketones (excluding diaryl/α,β-unsaturated/α-hetero) is 1. The van der Waals surface area contributed by atoms with Crippen molar-refractivity contribution in [3.05, 3.63) is 52.3 Å². The van der Waals surface area contributed by atoms with Crippen molar-refractivity contribution >= 4 is 11.7 Å². The maximum absolute atomic E-state index is 12.8. The summed E-state index contributed by atoms with van der Waals surface area (Å²) in [7, 11) is 0. The minimum atomic E-state index is 0.182. The van der Waals surface area contributed by atoms with Gasteiger partial charge in [-0.3, -0.25) is 4.79 Å². The first kappa shape index (κ1) is 18.1. The number of hydrogen-bond donors (Lipinski definition) is 0. The number of aromatic nitrogens is 2. The molecular weight excluding hydrogens is 336 g/mol. The average Bonchev–Trinajstić information content (AvgIpc) is 2.68. The zero-order chi connectivity index (χ0) is 19.0. The van der Waals surface area contributed by atoms with Crippen molar-refractivity contribution in [2.45, 2.75) is 39.5 Å². The fraction of sp³-hybridized carbons (Fsp3) is 0.500. The van der Waals surface area contributed by atoms with E-state index in [1.807, 2.05) is 6.92 Å². The van der Waals surface area contributed by atoms with Gasteiger partial charge in [-0.1, -0.05) is 36.8 Å². The standard InChI is InChI=1S/C22H28N4O/c1-4-25-9-11-26(12-10-25)22-23-16(3)21-19(24-22)13-18(14-20(21)27)17-7-5-15(2)6-8-17/h5-8,18H,4,9-14H2,1-3H3/t18-/m0/s1. The summed E-state index contributed by atoms with van der Waals surface area (Å²) in [6.07, 6.45) is 1.37. The predicted octanol–water partition coefficient (Wildman–Crippen LogP) is 3.15. The number of ketones is 1. The minimum absolute atomic E-state index is 0.182. The highest BCUT2D eigenvalue weighted by Crippen LogP contribution is 2.34. The van der Waals surface area contributed by atoms with Crippen LogP contribution >= 0.6 is 0 Å². The van der Waals surface area contributed by atoms with Crippen molar-refractivity contribution in [1.82, 2.24) is 14.9 Å². The van der Waals surface area contributed by atoms with E-state index in [1.54, 1.807) is 0 Å². The summed E-state index contributed by atoms with van der Waals surface area (Å²) >= 11 is 0. The number of carbonyl (C=O) groups is 1. The van der Waals surface area contributed by atoms with E-state index in [0.717, 1.165) is 62.0 Å². The van der Waals surface area contributed by atoms with Gasteiger partial charge in [-0.15, -0.1) is 0 Å². The second-order valence-electron chi connectivity index (χ2n) is 7.79. The molecule has 2 aliphatic rings. The van der Waals surface area contributed by atoms with E-state index < -0.39 is 0 Å². The molecule has 5 heteroatoms. The molecule has 1 atom stereocenters. The van der Waals surface area contributed by atoms with Gasteiger partial charge in [-0.2, -0.15) is 0 Å². The first-order chi connectivity index (χ1) is 13.0. The molecule has 0 N–H and O–H groups in total. The number of fused-ring (bicyclic) bond motifs is 1. The molecule has 4 rings (SSSR count). The van der Waals surface area contributed by atoms with Crippen molar-refractivity contribution in [2.24, 2.45) is 0 Å². The number of nitrogens with zero attached hydrogens (tertiary/aromatic N) is 4. The van der Waals surface area contributed by atoms with Crippen LogP contribution in [0.15, 0.2) is 24.3 Å². The molecule has 2 aromatic rings.